The molecule has 0 aliphatic heterocycles. The molecule has 1 amide bonds. The first-order chi connectivity index (χ1) is 11.4. The Morgan fingerprint density at radius 1 is 1.28 bits per heavy atom. The number of carbonyl (C=O) groups is 1. The van der Waals surface area contributed by atoms with Crippen molar-refractivity contribution in [3.05, 3.63) is 22.8 Å². The van der Waals surface area contributed by atoms with Gasteiger partial charge >= 0.3 is 12.4 Å². The second-order valence-corrected chi connectivity index (χ2v) is 5.47. The summed E-state index contributed by atoms with van der Waals surface area (Å²) in [5.74, 6) is -0.553. The van der Waals surface area contributed by atoms with Gasteiger partial charge in [-0.25, -0.2) is 4.98 Å². The van der Waals surface area contributed by atoms with Gasteiger partial charge in [-0.15, -0.1) is 0 Å². The molecule has 0 unspecified atom stereocenters. The summed E-state index contributed by atoms with van der Waals surface area (Å²) in [6.07, 6.45) is -9.59. The first kappa shape index (κ1) is 21.3. The van der Waals surface area contributed by atoms with E-state index in [1.165, 1.54) is 0 Å². The minimum atomic E-state index is -4.58. The maximum atomic E-state index is 12.5. The van der Waals surface area contributed by atoms with Crippen LogP contribution in [0.25, 0.3) is 0 Å². The second kappa shape index (κ2) is 8.59. The molecule has 0 aromatic carbocycles. The number of hydrogen-bond donors (Lipinski definition) is 1. The normalized spacial score (nSPS) is 12.2. The first-order valence-electron chi connectivity index (χ1n) is 7.25. The van der Waals surface area contributed by atoms with Crippen molar-refractivity contribution >= 4 is 23.3 Å². The molecule has 0 bridgehead atoms. The molecule has 0 saturated heterocycles. The molecule has 0 radical (unpaired) electrons. The average Bonchev–Trinajstić information content (AvgIpc) is 2.47. The van der Waals surface area contributed by atoms with Gasteiger partial charge in [-0.1, -0.05) is 11.6 Å². The molecule has 142 valence electrons. The maximum Gasteiger partial charge on any atom is 0.417 e. The predicted molar refractivity (Wildman–Crippen MR) is 80.3 cm³/mol. The Balaban J connectivity index is 2.54. The summed E-state index contributed by atoms with van der Waals surface area (Å²) in [7, 11) is 0. The number of carbonyl (C=O) groups excluding carboxylic acids is 1. The first-order valence-corrected chi connectivity index (χ1v) is 7.63. The number of nitrogens with one attached hydrogen (secondary N) is 1. The third kappa shape index (κ3) is 7.37. The van der Waals surface area contributed by atoms with Crippen molar-refractivity contribution in [1.29, 1.82) is 0 Å². The van der Waals surface area contributed by atoms with Gasteiger partial charge in [-0.3, -0.25) is 4.79 Å². The molecule has 4 nitrogen and oxygen atoms in total. The Hall–Kier alpha value is -1.71. The van der Waals surface area contributed by atoms with Gasteiger partial charge in [0.15, 0.2) is 0 Å². The highest BCUT2D eigenvalue weighted by Crippen LogP contribution is 2.32. The van der Waals surface area contributed by atoms with E-state index in [4.69, 9.17) is 11.6 Å². The summed E-state index contributed by atoms with van der Waals surface area (Å²) < 4.78 is 74.1. The van der Waals surface area contributed by atoms with Gasteiger partial charge in [0.25, 0.3) is 0 Å². The zero-order chi connectivity index (χ0) is 19.3. The van der Waals surface area contributed by atoms with Crippen molar-refractivity contribution in [1.82, 2.24) is 9.88 Å². The van der Waals surface area contributed by atoms with Gasteiger partial charge in [-0.2, -0.15) is 26.3 Å². The molecule has 0 aliphatic carbocycles. The van der Waals surface area contributed by atoms with Crippen LogP contribution in [0, 0.1) is 0 Å². The molecule has 1 aromatic rings. The van der Waals surface area contributed by atoms with Gasteiger partial charge in [-0.05, 0) is 13.0 Å². The van der Waals surface area contributed by atoms with Gasteiger partial charge in [0.1, 0.15) is 5.82 Å². The molecule has 0 atom stereocenters. The number of nitrogens with zero attached hydrogens (tertiary/aromatic N) is 2. The molecule has 1 heterocycles. The lowest BCUT2D eigenvalue weighted by Gasteiger charge is -2.21. The van der Waals surface area contributed by atoms with E-state index in [0.717, 1.165) is 4.90 Å². The van der Waals surface area contributed by atoms with E-state index < -0.39 is 36.8 Å². The van der Waals surface area contributed by atoms with Gasteiger partial charge < -0.3 is 10.2 Å². The third-order valence-electron chi connectivity index (χ3n) is 3.20. The van der Waals surface area contributed by atoms with E-state index in [1.807, 2.05) is 0 Å². The average molecular weight is 392 g/mol. The fourth-order valence-electron chi connectivity index (χ4n) is 1.89. The van der Waals surface area contributed by atoms with Gasteiger partial charge in [0, 0.05) is 32.3 Å². The van der Waals surface area contributed by atoms with Crippen LogP contribution in [0.5, 0.6) is 0 Å². The molecule has 0 aliphatic rings. The molecular formula is C14H16ClF6N3O. The van der Waals surface area contributed by atoms with Crippen molar-refractivity contribution in [2.24, 2.45) is 0 Å². The zero-order valence-electron chi connectivity index (χ0n) is 13.1. The van der Waals surface area contributed by atoms with Crippen LogP contribution in [0.1, 0.15) is 25.3 Å². The van der Waals surface area contributed by atoms with Crippen LogP contribution in [0.3, 0.4) is 0 Å². The highest BCUT2D eigenvalue weighted by Gasteiger charge is 2.31. The van der Waals surface area contributed by atoms with Gasteiger partial charge in [0.05, 0.1) is 17.0 Å². The number of alkyl halides is 6. The molecular weight excluding hydrogens is 376 g/mol. The highest BCUT2D eigenvalue weighted by atomic mass is 35.5. The Labute approximate surface area is 145 Å². The fraction of sp³-hybridized carbons (Fsp3) is 0.571. The molecule has 25 heavy (non-hydrogen) atoms. The molecule has 0 saturated carbocycles. The lowest BCUT2D eigenvalue weighted by atomic mass is 10.2. The monoisotopic (exact) mass is 391 g/mol. The molecule has 0 fully saturated rings. The van der Waals surface area contributed by atoms with Crippen molar-refractivity contribution in [3.63, 3.8) is 0 Å². The molecule has 1 N–H and O–H groups in total. The smallest absolute Gasteiger partial charge is 0.368 e. The van der Waals surface area contributed by atoms with Crippen LogP contribution in [-0.4, -0.2) is 41.6 Å². The Bertz CT molecular complexity index is 591. The summed E-state index contributed by atoms with van der Waals surface area (Å²) in [6.45, 7) is 1.20. The van der Waals surface area contributed by atoms with Crippen molar-refractivity contribution < 1.29 is 31.1 Å². The van der Waals surface area contributed by atoms with E-state index in [-0.39, 0.29) is 30.4 Å². The fourth-order valence-corrected chi connectivity index (χ4v) is 2.12. The number of rotatable bonds is 7. The van der Waals surface area contributed by atoms with Crippen LogP contribution in [0.15, 0.2) is 12.3 Å². The Morgan fingerprint density at radius 2 is 1.92 bits per heavy atom. The summed E-state index contributed by atoms with van der Waals surface area (Å²) in [6, 6.07) is 0.695. The number of amides is 1. The predicted octanol–water partition coefficient (Wildman–Crippen LogP) is 4.36. The Kier molecular flexibility index (Phi) is 7.33. The van der Waals surface area contributed by atoms with E-state index in [2.05, 4.69) is 10.3 Å². The minimum Gasteiger partial charge on any atom is -0.368 e. The van der Waals surface area contributed by atoms with Crippen LogP contribution >= 0.6 is 11.6 Å². The number of halogens is 7. The van der Waals surface area contributed by atoms with E-state index in [9.17, 15) is 31.1 Å². The van der Waals surface area contributed by atoms with Crippen molar-refractivity contribution in [2.45, 2.75) is 32.1 Å². The molecule has 0 spiro atoms. The third-order valence-corrected chi connectivity index (χ3v) is 3.49. The summed E-state index contributed by atoms with van der Waals surface area (Å²) >= 11 is 5.70. The van der Waals surface area contributed by atoms with Gasteiger partial charge in [0.2, 0.25) is 5.91 Å². The van der Waals surface area contributed by atoms with Crippen LogP contribution < -0.4 is 5.32 Å². The van der Waals surface area contributed by atoms with Crippen LogP contribution in [-0.2, 0) is 11.0 Å². The number of anilines is 1. The molecule has 1 rings (SSSR count). The summed E-state index contributed by atoms with van der Waals surface area (Å²) in [4.78, 5) is 16.5. The lowest BCUT2D eigenvalue weighted by Crippen LogP contribution is -2.34. The number of hydrogen-bond acceptors (Lipinski definition) is 3. The summed E-state index contributed by atoms with van der Waals surface area (Å²) in [5.41, 5.74) is -1.01. The standard InChI is InChI=1S/C14H16ClF6N3O/c1-2-24(6-4-13(16,17)18)11(25)3-5-22-12-10(15)7-9(8-23-12)14(19,20)21/h7-8H,2-6H2,1H3,(H,22,23). The van der Waals surface area contributed by atoms with Crippen molar-refractivity contribution in [2.75, 3.05) is 25.0 Å². The maximum absolute atomic E-state index is 12.5. The van der Waals surface area contributed by atoms with Crippen LogP contribution in [0.4, 0.5) is 32.2 Å². The largest absolute Gasteiger partial charge is 0.417 e. The summed E-state index contributed by atoms with van der Waals surface area (Å²) in [5, 5.41) is 2.32. The Morgan fingerprint density at radius 3 is 2.40 bits per heavy atom. The second-order valence-electron chi connectivity index (χ2n) is 5.07. The number of pyridine rings is 1. The van der Waals surface area contributed by atoms with Crippen LogP contribution in [0.2, 0.25) is 5.02 Å². The molecule has 1 aromatic heterocycles. The van der Waals surface area contributed by atoms with E-state index in [1.54, 1.807) is 6.92 Å². The van der Waals surface area contributed by atoms with E-state index >= 15 is 0 Å². The van der Waals surface area contributed by atoms with Crippen molar-refractivity contribution in [3.8, 4) is 0 Å². The lowest BCUT2D eigenvalue weighted by molar-refractivity contribution is -0.145. The number of aromatic nitrogens is 1. The SMILES string of the molecule is CCN(CCC(F)(F)F)C(=O)CCNc1ncc(C(F)(F)F)cc1Cl. The minimum absolute atomic E-state index is 0.0283. The highest BCUT2D eigenvalue weighted by molar-refractivity contribution is 6.32. The topological polar surface area (TPSA) is 45.2 Å². The zero-order valence-corrected chi connectivity index (χ0v) is 13.9. The molecule has 11 heteroatoms. The quantitative estimate of drug-likeness (QED) is 0.703. The van der Waals surface area contributed by atoms with E-state index in [0.29, 0.717) is 12.3 Å².